The molecule has 2 heterocycles. The Labute approximate surface area is 156 Å². The predicted molar refractivity (Wildman–Crippen MR) is 88.4 cm³/mol. The molecule has 1 N–H and O–H groups in total. The normalized spacial score (nSPS) is 10.9. The first-order valence-corrected chi connectivity index (χ1v) is 8.08. The van der Waals surface area contributed by atoms with E-state index in [1.807, 2.05) is 0 Å². The van der Waals surface area contributed by atoms with Crippen LogP contribution in [0, 0.1) is 30.2 Å². The highest BCUT2D eigenvalue weighted by Gasteiger charge is 2.21. The summed E-state index contributed by atoms with van der Waals surface area (Å²) in [4.78, 5) is 12.1. The molecule has 0 atom stereocenters. The largest absolute Gasteiger partial charge is 0.479 e. The van der Waals surface area contributed by atoms with Crippen LogP contribution in [-0.4, -0.2) is 15.7 Å². The van der Waals surface area contributed by atoms with E-state index >= 15 is 0 Å². The molecule has 0 aliphatic carbocycles. The van der Waals surface area contributed by atoms with Crippen LogP contribution in [0.4, 0.5) is 17.6 Å². The Morgan fingerprint density at radius 1 is 1.21 bits per heavy atom. The monoisotopic (exact) mass is 397 g/mol. The van der Waals surface area contributed by atoms with Gasteiger partial charge in [-0.05, 0) is 19.1 Å². The molecule has 0 saturated carbocycles. The number of carbonyl (C=O) groups is 1. The number of halogens is 4. The number of hydrogen-bond acceptors (Lipinski definition) is 4. The minimum absolute atomic E-state index is 0.0335. The van der Waals surface area contributed by atoms with E-state index in [2.05, 4.69) is 10.4 Å². The van der Waals surface area contributed by atoms with Crippen molar-refractivity contribution in [2.45, 2.75) is 20.1 Å². The van der Waals surface area contributed by atoms with Gasteiger partial charge in [0, 0.05) is 31.4 Å². The Kier molecular flexibility index (Phi) is 5.39. The predicted octanol–water partition coefficient (Wildman–Crippen LogP) is 3.39. The Bertz CT molecular complexity index is 1000. The summed E-state index contributed by atoms with van der Waals surface area (Å²) >= 11 is 0. The molecular formula is C18H15F4N3O3. The molecule has 0 radical (unpaired) electrons. The van der Waals surface area contributed by atoms with Gasteiger partial charge in [-0.25, -0.2) is 8.78 Å². The van der Waals surface area contributed by atoms with Gasteiger partial charge in [0.2, 0.25) is 11.6 Å². The van der Waals surface area contributed by atoms with Crippen LogP contribution >= 0.6 is 0 Å². The number of aryl methyl sites for hydroxylation is 2. The van der Waals surface area contributed by atoms with Gasteiger partial charge in [0.1, 0.15) is 12.4 Å². The van der Waals surface area contributed by atoms with Crippen LogP contribution in [0.5, 0.6) is 5.75 Å². The summed E-state index contributed by atoms with van der Waals surface area (Å²) in [7, 11) is 1.76. The van der Waals surface area contributed by atoms with E-state index in [9.17, 15) is 22.4 Å². The first kappa shape index (κ1) is 19.5. The summed E-state index contributed by atoms with van der Waals surface area (Å²) in [6.07, 6.45) is 1.76. The third kappa shape index (κ3) is 4.00. The fraction of sp³-hybridized carbons (Fsp3) is 0.222. The lowest BCUT2D eigenvalue weighted by molar-refractivity contribution is 0.0918. The highest BCUT2D eigenvalue weighted by atomic mass is 19.2. The first-order valence-electron chi connectivity index (χ1n) is 8.08. The van der Waals surface area contributed by atoms with Crippen LogP contribution < -0.4 is 10.1 Å². The smallest absolute Gasteiger partial charge is 0.287 e. The van der Waals surface area contributed by atoms with Crippen LogP contribution in [0.25, 0.3) is 0 Å². The number of rotatable bonds is 6. The maximum Gasteiger partial charge on any atom is 0.287 e. The van der Waals surface area contributed by atoms with Gasteiger partial charge in [-0.15, -0.1) is 0 Å². The van der Waals surface area contributed by atoms with Crippen molar-refractivity contribution in [1.82, 2.24) is 15.1 Å². The van der Waals surface area contributed by atoms with Crippen molar-refractivity contribution in [3.05, 3.63) is 70.4 Å². The van der Waals surface area contributed by atoms with Crippen LogP contribution in [0.3, 0.4) is 0 Å². The third-order valence-corrected chi connectivity index (χ3v) is 3.87. The molecule has 148 valence electrons. The lowest BCUT2D eigenvalue weighted by atomic mass is 10.2. The molecule has 0 aliphatic rings. The van der Waals surface area contributed by atoms with Gasteiger partial charge in [0.15, 0.2) is 23.1 Å². The molecule has 0 aliphatic heterocycles. The quantitative estimate of drug-likeness (QED) is 0.512. The van der Waals surface area contributed by atoms with Gasteiger partial charge in [0.05, 0.1) is 5.69 Å². The van der Waals surface area contributed by atoms with Gasteiger partial charge in [0.25, 0.3) is 5.91 Å². The standard InChI is InChI=1S/C18H15F4N3O3/c1-9-10(7-25(2)24-9)6-23-18(26)14-4-3-11(28-14)8-27-17-15(21)12(19)5-13(20)16(17)22/h3-5,7H,6,8H2,1-2H3,(H,23,26). The van der Waals surface area contributed by atoms with Crippen LogP contribution in [0.15, 0.2) is 28.8 Å². The molecule has 0 fully saturated rings. The topological polar surface area (TPSA) is 69.3 Å². The molecule has 3 rings (SSSR count). The summed E-state index contributed by atoms with van der Waals surface area (Å²) in [6, 6.07) is 2.76. The molecule has 1 aromatic carbocycles. The number of aromatic nitrogens is 2. The van der Waals surface area contributed by atoms with Gasteiger partial charge in [-0.1, -0.05) is 0 Å². The molecule has 2 aromatic heterocycles. The fourth-order valence-corrected chi connectivity index (χ4v) is 2.48. The Morgan fingerprint density at radius 3 is 2.50 bits per heavy atom. The molecule has 3 aromatic rings. The number of furan rings is 1. The van der Waals surface area contributed by atoms with E-state index < -0.39 is 41.5 Å². The van der Waals surface area contributed by atoms with Crippen molar-refractivity contribution in [3.8, 4) is 5.75 Å². The van der Waals surface area contributed by atoms with Crippen molar-refractivity contribution in [2.24, 2.45) is 7.05 Å². The van der Waals surface area contributed by atoms with Gasteiger partial charge < -0.3 is 14.5 Å². The zero-order valence-electron chi connectivity index (χ0n) is 14.9. The summed E-state index contributed by atoms with van der Waals surface area (Å²) in [6.45, 7) is 1.49. The Balaban J connectivity index is 1.63. The third-order valence-electron chi connectivity index (χ3n) is 3.87. The average Bonchev–Trinajstić information content (AvgIpc) is 3.24. The second-order valence-electron chi connectivity index (χ2n) is 5.95. The molecule has 0 bridgehead atoms. The fourth-order valence-electron chi connectivity index (χ4n) is 2.48. The van der Waals surface area contributed by atoms with Crippen molar-refractivity contribution >= 4 is 5.91 Å². The Morgan fingerprint density at radius 2 is 1.89 bits per heavy atom. The molecule has 28 heavy (non-hydrogen) atoms. The van der Waals surface area contributed by atoms with Gasteiger partial charge in [-0.3, -0.25) is 9.48 Å². The van der Waals surface area contributed by atoms with Gasteiger partial charge >= 0.3 is 0 Å². The molecule has 0 saturated heterocycles. The lowest BCUT2D eigenvalue weighted by Gasteiger charge is -2.08. The minimum atomic E-state index is -1.66. The summed E-state index contributed by atoms with van der Waals surface area (Å²) in [5.41, 5.74) is 1.59. The van der Waals surface area contributed by atoms with Crippen LogP contribution in [-0.2, 0) is 20.2 Å². The lowest BCUT2D eigenvalue weighted by Crippen LogP contribution is -2.22. The van der Waals surface area contributed by atoms with Crippen molar-refractivity contribution in [2.75, 3.05) is 0 Å². The zero-order valence-corrected chi connectivity index (χ0v) is 14.9. The van der Waals surface area contributed by atoms with Crippen LogP contribution in [0.2, 0.25) is 0 Å². The van der Waals surface area contributed by atoms with Crippen LogP contribution in [0.1, 0.15) is 27.6 Å². The number of hydrogen-bond donors (Lipinski definition) is 1. The zero-order chi connectivity index (χ0) is 20.4. The highest BCUT2D eigenvalue weighted by Crippen LogP contribution is 2.27. The second kappa shape index (κ2) is 7.75. The summed E-state index contributed by atoms with van der Waals surface area (Å²) in [5, 5.41) is 6.80. The number of amides is 1. The van der Waals surface area contributed by atoms with Crippen molar-refractivity contribution in [3.63, 3.8) is 0 Å². The number of nitrogens with zero attached hydrogens (tertiary/aromatic N) is 2. The minimum Gasteiger partial charge on any atom is -0.479 e. The molecule has 1 amide bonds. The Hall–Kier alpha value is -3.30. The number of benzene rings is 1. The van der Waals surface area contributed by atoms with E-state index in [1.165, 1.54) is 12.1 Å². The number of ether oxygens (including phenoxy) is 1. The first-order chi connectivity index (χ1) is 13.3. The second-order valence-corrected chi connectivity index (χ2v) is 5.95. The summed E-state index contributed by atoms with van der Waals surface area (Å²) < 4.78 is 65.1. The number of nitrogens with one attached hydrogen (secondary N) is 1. The van der Waals surface area contributed by atoms with E-state index in [4.69, 9.17) is 9.15 Å². The molecular weight excluding hydrogens is 382 g/mol. The molecule has 0 unspecified atom stereocenters. The van der Waals surface area contributed by atoms with E-state index in [0.717, 1.165) is 11.3 Å². The average molecular weight is 397 g/mol. The highest BCUT2D eigenvalue weighted by molar-refractivity contribution is 5.91. The molecule has 6 nitrogen and oxygen atoms in total. The molecule has 10 heteroatoms. The van der Waals surface area contributed by atoms with E-state index in [-0.39, 0.29) is 24.1 Å². The van der Waals surface area contributed by atoms with E-state index in [1.54, 1.807) is 24.9 Å². The maximum atomic E-state index is 13.6. The SMILES string of the molecule is Cc1nn(C)cc1CNC(=O)c1ccc(COc2c(F)c(F)cc(F)c2F)o1. The summed E-state index contributed by atoms with van der Waals surface area (Å²) in [5.74, 6) is -8.24. The number of carbonyl (C=O) groups excluding carboxylic acids is 1. The van der Waals surface area contributed by atoms with Crippen molar-refractivity contribution in [1.29, 1.82) is 0 Å². The van der Waals surface area contributed by atoms with E-state index in [0.29, 0.717) is 0 Å². The molecule has 0 spiro atoms. The van der Waals surface area contributed by atoms with Gasteiger partial charge in [-0.2, -0.15) is 13.9 Å². The maximum absolute atomic E-state index is 13.6. The van der Waals surface area contributed by atoms with Crippen molar-refractivity contribution < 1.29 is 31.5 Å².